The van der Waals surface area contributed by atoms with Crippen LogP contribution in [-0.2, 0) is 14.6 Å². The topological polar surface area (TPSA) is 101 Å². The van der Waals surface area contributed by atoms with Gasteiger partial charge < -0.3 is 10.6 Å². The Morgan fingerprint density at radius 2 is 2.00 bits per heavy atom. The van der Waals surface area contributed by atoms with Gasteiger partial charge in [-0.2, -0.15) is 0 Å². The van der Waals surface area contributed by atoms with Gasteiger partial charge in [-0.05, 0) is 56.9 Å². The van der Waals surface area contributed by atoms with E-state index in [-0.39, 0.29) is 35.2 Å². The van der Waals surface area contributed by atoms with Crippen molar-refractivity contribution in [2.75, 3.05) is 11.6 Å². The lowest BCUT2D eigenvalue weighted by atomic mass is 9.74. The maximum Gasteiger partial charge on any atom is 0.225 e. The third-order valence-corrected chi connectivity index (χ3v) is 8.17. The van der Waals surface area contributed by atoms with Gasteiger partial charge in [0.1, 0.15) is 5.25 Å². The second-order valence-corrected chi connectivity index (χ2v) is 12.2. The molecule has 9 heteroatoms. The Bertz CT molecular complexity index is 864. The first-order valence-corrected chi connectivity index (χ1v) is 13.2. The molecule has 0 bridgehead atoms. The molecule has 1 saturated carbocycles. The van der Waals surface area contributed by atoms with Gasteiger partial charge in [0, 0.05) is 29.9 Å². The Labute approximate surface area is 184 Å². The third-order valence-electron chi connectivity index (χ3n) is 6.31. The van der Waals surface area contributed by atoms with E-state index in [1.807, 2.05) is 20.8 Å². The second-order valence-electron chi connectivity index (χ2n) is 9.31. The van der Waals surface area contributed by atoms with E-state index in [0.29, 0.717) is 24.0 Å². The van der Waals surface area contributed by atoms with E-state index < -0.39 is 15.1 Å². The van der Waals surface area contributed by atoms with E-state index in [1.54, 1.807) is 12.3 Å². The SMILES string of the molecule is CC(C)CC(c1ccnc(N[C@@H](C)C2CC3CC(Cl)CCC3NC2=O)n1)S(C)(=O)=O. The Morgan fingerprint density at radius 1 is 1.27 bits per heavy atom. The number of nitrogens with one attached hydrogen (secondary N) is 2. The molecule has 1 amide bonds. The highest BCUT2D eigenvalue weighted by molar-refractivity contribution is 7.90. The van der Waals surface area contributed by atoms with Crippen LogP contribution in [0.2, 0.25) is 0 Å². The Hall–Kier alpha value is -1.41. The summed E-state index contributed by atoms with van der Waals surface area (Å²) < 4.78 is 24.6. The lowest BCUT2D eigenvalue weighted by Gasteiger charge is -2.42. The molecule has 1 aromatic heterocycles. The van der Waals surface area contributed by atoms with Crippen LogP contribution in [0.5, 0.6) is 0 Å². The number of amides is 1. The van der Waals surface area contributed by atoms with E-state index in [0.717, 1.165) is 25.7 Å². The average Bonchev–Trinajstić information content (AvgIpc) is 2.65. The highest BCUT2D eigenvalue weighted by atomic mass is 35.5. The lowest BCUT2D eigenvalue weighted by molar-refractivity contribution is -0.130. The van der Waals surface area contributed by atoms with Crippen LogP contribution in [-0.4, -0.2) is 48.0 Å². The van der Waals surface area contributed by atoms with E-state index in [9.17, 15) is 13.2 Å². The van der Waals surface area contributed by atoms with Crippen molar-refractivity contribution in [3.8, 4) is 0 Å². The maximum atomic E-state index is 12.7. The summed E-state index contributed by atoms with van der Waals surface area (Å²) in [7, 11) is -3.30. The van der Waals surface area contributed by atoms with Crippen molar-refractivity contribution >= 4 is 33.3 Å². The fourth-order valence-corrected chi connectivity index (χ4v) is 6.34. The molecule has 5 unspecified atom stereocenters. The number of halogens is 1. The average molecular weight is 457 g/mol. The predicted molar refractivity (Wildman–Crippen MR) is 119 cm³/mol. The Balaban J connectivity index is 1.73. The molecule has 7 nitrogen and oxygen atoms in total. The number of rotatable bonds is 7. The molecule has 1 aromatic rings. The highest BCUT2D eigenvalue weighted by Gasteiger charge is 2.41. The van der Waals surface area contributed by atoms with Crippen LogP contribution in [0.4, 0.5) is 5.95 Å². The minimum Gasteiger partial charge on any atom is -0.353 e. The molecule has 2 heterocycles. The first-order valence-electron chi connectivity index (χ1n) is 10.8. The van der Waals surface area contributed by atoms with Crippen molar-refractivity contribution in [2.45, 2.75) is 75.6 Å². The molecule has 1 saturated heterocycles. The predicted octanol–water partition coefficient (Wildman–Crippen LogP) is 3.32. The molecule has 168 valence electrons. The number of nitrogens with zero attached hydrogens (tertiary/aromatic N) is 2. The normalized spacial score (nSPS) is 29.1. The highest BCUT2D eigenvalue weighted by Crippen LogP contribution is 2.37. The lowest BCUT2D eigenvalue weighted by Crippen LogP contribution is -2.55. The summed E-state index contributed by atoms with van der Waals surface area (Å²) >= 11 is 6.35. The van der Waals surface area contributed by atoms with Gasteiger partial charge in [-0.25, -0.2) is 18.4 Å². The molecular weight excluding hydrogens is 424 g/mol. The van der Waals surface area contributed by atoms with Gasteiger partial charge in [0.15, 0.2) is 9.84 Å². The molecule has 1 aliphatic carbocycles. The van der Waals surface area contributed by atoms with Gasteiger partial charge in [-0.3, -0.25) is 4.79 Å². The summed E-state index contributed by atoms with van der Waals surface area (Å²) in [6.45, 7) is 5.93. The fourth-order valence-electron chi connectivity index (χ4n) is 4.68. The number of fused-ring (bicyclic) bond motifs is 1. The van der Waals surface area contributed by atoms with Crippen LogP contribution in [0.3, 0.4) is 0 Å². The summed E-state index contributed by atoms with van der Waals surface area (Å²) in [5.74, 6) is 0.804. The van der Waals surface area contributed by atoms with Crippen molar-refractivity contribution in [1.29, 1.82) is 0 Å². The van der Waals surface area contributed by atoms with Crippen LogP contribution in [0.15, 0.2) is 12.3 Å². The van der Waals surface area contributed by atoms with E-state index >= 15 is 0 Å². The molecule has 0 spiro atoms. The number of carbonyl (C=O) groups excluding carboxylic acids is 1. The van der Waals surface area contributed by atoms with Gasteiger partial charge in [-0.15, -0.1) is 11.6 Å². The Kier molecular flexibility index (Phi) is 7.28. The minimum absolute atomic E-state index is 0.0502. The third kappa shape index (κ3) is 5.63. The number of alkyl halides is 1. The monoisotopic (exact) mass is 456 g/mol. The molecule has 3 rings (SSSR count). The molecule has 1 aliphatic heterocycles. The number of piperidine rings is 1. The number of carbonyl (C=O) groups is 1. The van der Waals surface area contributed by atoms with Crippen LogP contribution in [0, 0.1) is 17.8 Å². The molecule has 30 heavy (non-hydrogen) atoms. The fraction of sp³-hybridized carbons (Fsp3) is 0.762. The first kappa shape index (κ1) is 23.3. The Morgan fingerprint density at radius 3 is 2.67 bits per heavy atom. The summed E-state index contributed by atoms with van der Waals surface area (Å²) in [5.41, 5.74) is 0.487. The smallest absolute Gasteiger partial charge is 0.225 e. The zero-order valence-corrected chi connectivity index (χ0v) is 19.7. The van der Waals surface area contributed by atoms with E-state index in [4.69, 9.17) is 11.6 Å². The van der Waals surface area contributed by atoms with Crippen molar-refractivity contribution < 1.29 is 13.2 Å². The largest absolute Gasteiger partial charge is 0.353 e. The zero-order valence-electron chi connectivity index (χ0n) is 18.1. The van der Waals surface area contributed by atoms with Crippen molar-refractivity contribution in [3.63, 3.8) is 0 Å². The summed E-state index contributed by atoms with van der Waals surface area (Å²) in [6, 6.07) is 1.70. The standard InChI is InChI=1S/C21H33ClN4O3S/c1-12(2)9-19(30(4,28)29)18-7-8-23-21(26-18)24-13(3)16-11-14-10-15(22)5-6-17(14)25-20(16)27/h7-8,12-17,19H,5-6,9-11H2,1-4H3,(H,25,27)(H,23,24,26)/t13-,14?,15?,16?,17?,19?/m0/s1. The summed E-state index contributed by atoms with van der Waals surface area (Å²) in [6.07, 6.45) is 6.91. The van der Waals surface area contributed by atoms with Crippen LogP contribution in [0.1, 0.15) is 63.8 Å². The van der Waals surface area contributed by atoms with Crippen LogP contribution < -0.4 is 10.6 Å². The van der Waals surface area contributed by atoms with Crippen molar-refractivity contribution in [3.05, 3.63) is 18.0 Å². The van der Waals surface area contributed by atoms with Gasteiger partial charge in [0.05, 0.1) is 11.6 Å². The number of sulfone groups is 1. The molecule has 0 aromatic carbocycles. The summed E-state index contributed by atoms with van der Waals surface area (Å²) in [5, 5.41) is 5.92. The van der Waals surface area contributed by atoms with Gasteiger partial charge in [0.25, 0.3) is 0 Å². The quantitative estimate of drug-likeness (QED) is 0.610. The van der Waals surface area contributed by atoms with Crippen molar-refractivity contribution in [2.24, 2.45) is 17.8 Å². The molecule has 6 atom stereocenters. The van der Waals surface area contributed by atoms with E-state index in [2.05, 4.69) is 20.6 Å². The first-order chi connectivity index (χ1) is 14.0. The van der Waals surface area contributed by atoms with Crippen molar-refractivity contribution in [1.82, 2.24) is 15.3 Å². The molecule has 2 aliphatic rings. The van der Waals surface area contributed by atoms with Crippen LogP contribution in [0.25, 0.3) is 0 Å². The second kappa shape index (κ2) is 9.39. The van der Waals surface area contributed by atoms with Gasteiger partial charge in [-0.1, -0.05) is 13.8 Å². The molecule has 2 N–H and O–H groups in total. The van der Waals surface area contributed by atoms with Gasteiger partial charge in [0.2, 0.25) is 11.9 Å². The number of hydrogen-bond donors (Lipinski definition) is 2. The van der Waals surface area contributed by atoms with E-state index in [1.165, 1.54) is 6.26 Å². The van der Waals surface area contributed by atoms with Crippen LogP contribution >= 0.6 is 11.6 Å². The zero-order chi connectivity index (χ0) is 22.1. The van der Waals surface area contributed by atoms with Gasteiger partial charge >= 0.3 is 0 Å². The summed E-state index contributed by atoms with van der Waals surface area (Å²) in [4.78, 5) is 21.4. The molecular formula is C21H33ClN4O3S. The maximum absolute atomic E-state index is 12.7. The minimum atomic E-state index is -3.30. The number of hydrogen-bond acceptors (Lipinski definition) is 6. The number of aromatic nitrogens is 2. The molecule has 2 fully saturated rings. The number of anilines is 1. The molecule has 0 radical (unpaired) electrons.